The Kier molecular flexibility index (Phi) is 7.03. The fourth-order valence-corrected chi connectivity index (χ4v) is 2.70. The molecule has 2 aromatic rings. The summed E-state index contributed by atoms with van der Waals surface area (Å²) in [5, 5.41) is 3.45. The van der Waals surface area contributed by atoms with Crippen LogP contribution in [0.2, 0.25) is 0 Å². The van der Waals surface area contributed by atoms with Gasteiger partial charge in [-0.3, -0.25) is 0 Å². The van der Waals surface area contributed by atoms with E-state index >= 15 is 0 Å². The molecule has 0 amide bonds. The molecule has 0 bridgehead atoms. The third-order valence-corrected chi connectivity index (χ3v) is 3.98. The molecule has 3 heteroatoms. The lowest BCUT2D eigenvalue weighted by Crippen LogP contribution is -2.18. The first-order valence-corrected chi connectivity index (χ1v) is 8.53. The van der Waals surface area contributed by atoms with E-state index in [4.69, 9.17) is 4.74 Å². The average Bonchev–Trinajstić information content (AvgIpc) is 2.50. The third kappa shape index (κ3) is 5.67. The second-order valence-electron chi connectivity index (χ2n) is 5.01. The summed E-state index contributed by atoms with van der Waals surface area (Å²) in [5.74, 6) is 0.931. The van der Waals surface area contributed by atoms with Crippen molar-refractivity contribution in [2.45, 2.75) is 26.4 Å². The molecule has 0 radical (unpaired) electrons. The number of halogens is 1. The number of rotatable bonds is 8. The maximum atomic E-state index is 5.92. The van der Waals surface area contributed by atoms with Gasteiger partial charge in [0.1, 0.15) is 12.4 Å². The number of hydrogen-bond donors (Lipinski definition) is 1. The fraction of sp³-hybridized carbons (Fsp3) is 0.333. The van der Waals surface area contributed by atoms with Crippen molar-refractivity contribution in [3.8, 4) is 5.75 Å². The Labute approximate surface area is 141 Å². The minimum Gasteiger partial charge on any atom is -0.489 e. The minimum absolute atomic E-state index is 0.629. The molecule has 0 saturated carbocycles. The van der Waals surface area contributed by atoms with Gasteiger partial charge in [-0.1, -0.05) is 37.3 Å². The first-order chi connectivity index (χ1) is 10.3. The first-order valence-electron chi connectivity index (χ1n) is 7.45. The Hall–Kier alpha value is -1.07. The Morgan fingerprint density at radius 1 is 1.00 bits per heavy atom. The second-order valence-corrected chi connectivity index (χ2v) is 6.26. The van der Waals surface area contributed by atoms with Gasteiger partial charge in [0, 0.05) is 3.57 Å². The molecule has 0 spiro atoms. The highest BCUT2D eigenvalue weighted by atomic mass is 127. The molecule has 0 fully saturated rings. The van der Waals surface area contributed by atoms with Gasteiger partial charge in [0.2, 0.25) is 0 Å². The zero-order chi connectivity index (χ0) is 14.9. The van der Waals surface area contributed by atoms with E-state index in [9.17, 15) is 0 Å². The molecule has 0 heterocycles. The summed E-state index contributed by atoms with van der Waals surface area (Å²) in [6, 6.07) is 16.7. The Bertz CT molecular complexity index is 556. The molecule has 2 rings (SSSR count). The van der Waals surface area contributed by atoms with E-state index in [1.54, 1.807) is 0 Å². The highest BCUT2D eigenvalue weighted by molar-refractivity contribution is 14.1. The number of benzene rings is 2. The molecule has 0 aliphatic heterocycles. The van der Waals surface area contributed by atoms with Crippen LogP contribution in [0.3, 0.4) is 0 Å². The van der Waals surface area contributed by atoms with Crippen molar-refractivity contribution in [2.24, 2.45) is 0 Å². The number of hydrogen-bond acceptors (Lipinski definition) is 2. The third-order valence-electron chi connectivity index (χ3n) is 3.31. The largest absolute Gasteiger partial charge is 0.489 e. The van der Waals surface area contributed by atoms with Crippen molar-refractivity contribution in [3.63, 3.8) is 0 Å². The van der Waals surface area contributed by atoms with Gasteiger partial charge in [0.25, 0.3) is 0 Å². The maximum absolute atomic E-state index is 5.92. The van der Waals surface area contributed by atoms with Gasteiger partial charge in [-0.05, 0) is 77.8 Å². The lowest BCUT2D eigenvalue weighted by Gasteiger charge is -2.12. The summed E-state index contributed by atoms with van der Waals surface area (Å²) >= 11 is 2.30. The first kappa shape index (κ1) is 16.3. The molecule has 0 atom stereocenters. The standard InChI is InChI=1S/C18H22INO/c1-2-11-20-12-10-15-6-3-4-7-16(15)14-21-18-9-5-8-17(19)13-18/h3-9,13,20H,2,10-12,14H2,1H3. The summed E-state index contributed by atoms with van der Waals surface area (Å²) < 4.78 is 7.11. The van der Waals surface area contributed by atoms with Crippen LogP contribution in [0.1, 0.15) is 24.5 Å². The summed E-state index contributed by atoms with van der Waals surface area (Å²) in [5.41, 5.74) is 2.64. The normalized spacial score (nSPS) is 10.6. The highest BCUT2D eigenvalue weighted by Crippen LogP contribution is 2.18. The summed E-state index contributed by atoms with van der Waals surface area (Å²) in [6.45, 7) is 4.93. The number of nitrogens with one attached hydrogen (secondary N) is 1. The lowest BCUT2D eigenvalue weighted by atomic mass is 10.1. The van der Waals surface area contributed by atoms with Crippen molar-refractivity contribution < 1.29 is 4.74 Å². The van der Waals surface area contributed by atoms with Crippen molar-refractivity contribution in [3.05, 3.63) is 63.2 Å². The van der Waals surface area contributed by atoms with Crippen LogP contribution in [-0.4, -0.2) is 13.1 Å². The molecule has 112 valence electrons. The number of ether oxygens (including phenoxy) is 1. The monoisotopic (exact) mass is 395 g/mol. The van der Waals surface area contributed by atoms with Gasteiger partial charge in [0.05, 0.1) is 0 Å². The van der Waals surface area contributed by atoms with Crippen LogP contribution in [-0.2, 0) is 13.0 Å². The van der Waals surface area contributed by atoms with Crippen LogP contribution >= 0.6 is 22.6 Å². The smallest absolute Gasteiger partial charge is 0.120 e. The minimum atomic E-state index is 0.629. The summed E-state index contributed by atoms with van der Waals surface area (Å²) in [7, 11) is 0. The van der Waals surface area contributed by atoms with Crippen molar-refractivity contribution in [2.75, 3.05) is 13.1 Å². The summed E-state index contributed by atoms with van der Waals surface area (Å²) in [6.07, 6.45) is 2.23. The molecule has 2 aromatic carbocycles. The zero-order valence-electron chi connectivity index (χ0n) is 12.4. The van der Waals surface area contributed by atoms with Crippen LogP contribution in [0.4, 0.5) is 0 Å². The van der Waals surface area contributed by atoms with E-state index in [0.717, 1.165) is 25.3 Å². The van der Waals surface area contributed by atoms with Gasteiger partial charge in [-0.2, -0.15) is 0 Å². The van der Waals surface area contributed by atoms with E-state index in [1.807, 2.05) is 12.1 Å². The Balaban J connectivity index is 1.93. The average molecular weight is 395 g/mol. The molecule has 0 aromatic heterocycles. The van der Waals surface area contributed by atoms with Gasteiger partial charge in [-0.25, -0.2) is 0 Å². The molecular weight excluding hydrogens is 373 g/mol. The fourth-order valence-electron chi connectivity index (χ4n) is 2.18. The van der Waals surface area contributed by atoms with Crippen molar-refractivity contribution >= 4 is 22.6 Å². The quantitative estimate of drug-likeness (QED) is 0.528. The Morgan fingerprint density at radius 3 is 2.57 bits per heavy atom. The van der Waals surface area contributed by atoms with E-state index in [2.05, 4.69) is 71.2 Å². The molecule has 0 saturated heterocycles. The zero-order valence-corrected chi connectivity index (χ0v) is 14.6. The van der Waals surface area contributed by atoms with Gasteiger partial charge < -0.3 is 10.1 Å². The predicted molar refractivity (Wildman–Crippen MR) is 96.8 cm³/mol. The van der Waals surface area contributed by atoms with Crippen LogP contribution < -0.4 is 10.1 Å². The van der Waals surface area contributed by atoms with Gasteiger partial charge >= 0.3 is 0 Å². The topological polar surface area (TPSA) is 21.3 Å². The molecule has 1 N–H and O–H groups in total. The van der Waals surface area contributed by atoms with E-state index in [0.29, 0.717) is 6.61 Å². The van der Waals surface area contributed by atoms with E-state index < -0.39 is 0 Å². The Morgan fingerprint density at radius 2 is 1.81 bits per heavy atom. The molecule has 0 aliphatic rings. The van der Waals surface area contributed by atoms with Crippen LogP contribution in [0.25, 0.3) is 0 Å². The second kappa shape index (κ2) is 9.05. The molecule has 21 heavy (non-hydrogen) atoms. The molecule has 0 aliphatic carbocycles. The van der Waals surface area contributed by atoms with Crippen LogP contribution in [0, 0.1) is 3.57 Å². The van der Waals surface area contributed by atoms with E-state index in [1.165, 1.54) is 21.1 Å². The lowest BCUT2D eigenvalue weighted by molar-refractivity contribution is 0.304. The molecule has 0 unspecified atom stereocenters. The van der Waals surface area contributed by atoms with Gasteiger partial charge in [0.15, 0.2) is 0 Å². The highest BCUT2D eigenvalue weighted by Gasteiger charge is 2.03. The molecule has 2 nitrogen and oxygen atoms in total. The van der Waals surface area contributed by atoms with Crippen molar-refractivity contribution in [1.29, 1.82) is 0 Å². The van der Waals surface area contributed by atoms with Crippen LogP contribution in [0.15, 0.2) is 48.5 Å². The van der Waals surface area contributed by atoms with Crippen molar-refractivity contribution in [1.82, 2.24) is 5.32 Å². The summed E-state index contributed by atoms with van der Waals surface area (Å²) in [4.78, 5) is 0. The van der Waals surface area contributed by atoms with Gasteiger partial charge in [-0.15, -0.1) is 0 Å². The maximum Gasteiger partial charge on any atom is 0.120 e. The SMILES string of the molecule is CCCNCCc1ccccc1COc1cccc(I)c1. The van der Waals surface area contributed by atoms with Crippen LogP contribution in [0.5, 0.6) is 5.75 Å². The predicted octanol–water partition coefficient (Wildman–Crippen LogP) is 4.41. The molecular formula is C18H22INO. The van der Waals surface area contributed by atoms with E-state index in [-0.39, 0.29) is 0 Å².